The van der Waals surface area contributed by atoms with Gasteiger partial charge >= 0.3 is 0 Å². The summed E-state index contributed by atoms with van der Waals surface area (Å²) in [5, 5.41) is 3.95. The summed E-state index contributed by atoms with van der Waals surface area (Å²) in [5.74, 6) is 1.68. The Hall–Kier alpha value is -1.20. The molecule has 1 unspecified atom stereocenters. The second-order valence-corrected chi connectivity index (χ2v) is 5.24. The number of benzene rings is 1. The number of hydrogen-bond acceptors (Lipinski definition) is 4. The monoisotopic (exact) mass is 293 g/mol. The van der Waals surface area contributed by atoms with E-state index in [-0.39, 0.29) is 6.04 Å². The summed E-state index contributed by atoms with van der Waals surface area (Å²) in [6.07, 6.45) is 2.34. The van der Waals surface area contributed by atoms with E-state index < -0.39 is 0 Å². The molecule has 1 aromatic carbocycles. The van der Waals surface area contributed by atoms with Crippen LogP contribution in [0.15, 0.2) is 33.3 Å². The first-order chi connectivity index (χ1) is 8.24. The topological polar surface area (TPSA) is 64.9 Å². The van der Waals surface area contributed by atoms with Gasteiger partial charge in [0.25, 0.3) is 5.89 Å². The normalized spacial score (nSPS) is 17.1. The molecule has 0 amide bonds. The molecule has 1 saturated carbocycles. The maximum Gasteiger partial charge on any atom is 0.257 e. The number of rotatable bonds is 3. The third-order valence-electron chi connectivity index (χ3n) is 2.96. The molecule has 5 heteroatoms. The lowest BCUT2D eigenvalue weighted by molar-refractivity contribution is 0.411. The molecule has 1 fully saturated rings. The third kappa shape index (κ3) is 2.25. The minimum absolute atomic E-state index is 0.0806. The van der Waals surface area contributed by atoms with Crippen molar-refractivity contribution in [1.82, 2.24) is 10.1 Å². The van der Waals surface area contributed by atoms with Gasteiger partial charge in [0.2, 0.25) is 0 Å². The lowest BCUT2D eigenvalue weighted by Gasteiger charge is -2.01. The molecule has 1 heterocycles. The molecule has 3 rings (SSSR count). The van der Waals surface area contributed by atoms with Crippen molar-refractivity contribution in [2.24, 2.45) is 11.7 Å². The van der Waals surface area contributed by atoms with E-state index in [1.807, 2.05) is 24.3 Å². The van der Waals surface area contributed by atoms with E-state index >= 15 is 0 Å². The Kier molecular flexibility index (Phi) is 2.72. The summed E-state index contributed by atoms with van der Waals surface area (Å²) in [4.78, 5) is 4.35. The van der Waals surface area contributed by atoms with Gasteiger partial charge in [-0.15, -0.1) is 0 Å². The zero-order valence-electron chi connectivity index (χ0n) is 9.14. The summed E-state index contributed by atoms with van der Waals surface area (Å²) in [6, 6.07) is 7.68. The molecule has 4 nitrogen and oxygen atoms in total. The van der Waals surface area contributed by atoms with E-state index in [0.717, 1.165) is 10.0 Å². The molecule has 0 aliphatic heterocycles. The van der Waals surface area contributed by atoms with Crippen LogP contribution in [0.2, 0.25) is 0 Å². The fourth-order valence-electron chi connectivity index (χ4n) is 1.75. The zero-order valence-corrected chi connectivity index (χ0v) is 10.7. The molecule has 0 bridgehead atoms. The van der Waals surface area contributed by atoms with Crippen molar-refractivity contribution in [3.63, 3.8) is 0 Å². The van der Waals surface area contributed by atoms with Gasteiger partial charge in [-0.2, -0.15) is 4.98 Å². The molecule has 1 aliphatic carbocycles. The first kappa shape index (κ1) is 10.9. The number of halogens is 1. The number of nitrogens with two attached hydrogens (primary N) is 1. The second kappa shape index (κ2) is 4.23. The van der Waals surface area contributed by atoms with Crippen LogP contribution in [0.5, 0.6) is 0 Å². The van der Waals surface area contributed by atoms with Crippen molar-refractivity contribution >= 4 is 15.9 Å². The fourth-order valence-corrected chi connectivity index (χ4v) is 2.01. The van der Waals surface area contributed by atoms with Crippen molar-refractivity contribution in [3.05, 3.63) is 34.6 Å². The molecule has 0 radical (unpaired) electrons. The van der Waals surface area contributed by atoms with Gasteiger partial charge in [0.15, 0.2) is 5.82 Å². The van der Waals surface area contributed by atoms with Crippen molar-refractivity contribution < 1.29 is 4.52 Å². The van der Waals surface area contributed by atoms with Crippen LogP contribution in [0.25, 0.3) is 11.5 Å². The van der Waals surface area contributed by atoms with Crippen LogP contribution in [0.4, 0.5) is 0 Å². The Labute approximate surface area is 107 Å². The van der Waals surface area contributed by atoms with Crippen molar-refractivity contribution in [3.8, 4) is 11.5 Å². The standard InChI is InChI=1S/C12H12BrN3O/c13-9-5-3-8(4-6-9)12-15-11(16-17-12)10(14)7-1-2-7/h3-7,10H,1-2,14H2. The Morgan fingerprint density at radius 1 is 1.29 bits per heavy atom. The number of aromatic nitrogens is 2. The lowest BCUT2D eigenvalue weighted by atomic mass is 10.2. The van der Waals surface area contributed by atoms with E-state index in [1.165, 1.54) is 12.8 Å². The number of nitrogens with zero attached hydrogens (tertiary/aromatic N) is 2. The smallest absolute Gasteiger partial charge is 0.257 e. The van der Waals surface area contributed by atoms with Crippen LogP contribution >= 0.6 is 15.9 Å². The predicted molar refractivity (Wildman–Crippen MR) is 67.1 cm³/mol. The molecular weight excluding hydrogens is 282 g/mol. The average molecular weight is 294 g/mol. The van der Waals surface area contributed by atoms with Crippen LogP contribution in [-0.2, 0) is 0 Å². The molecular formula is C12H12BrN3O. The Morgan fingerprint density at radius 3 is 2.65 bits per heavy atom. The van der Waals surface area contributed by atoms with Crippen LogP contribution < -0.4 is 5.73 Å². The fraction of sp³-hybridized carbons (Fsp3) is 0.333. The molecule has 2 N–H and O–H groups in total. The van der Waals surface area contributed by atoms with E-state index in [9.17, 15) is 0 Å². The molecule has 0 saturated heterocycles. The van der Waals surface area contributed by atoms with Gasteiger partial charge in [-0.3, -0.25) is 0 Å². The largest absolute Gasteiger partial charge is 0.334 e. The maximum absolute atomic E-state index is 6.02. The van der Waals surface area contributed by atoms with Gasteiger partial charge < -0.3 is 10.3 Å². The highest BCUT2D eigenvalue weighted by Crippen LogP contribution is 2.38. The summed E-state index contributed by atoms with van der Waals surface area (Å²) in [5.41, 5.74) is 6.94. The molecule has 1 aromatic heterocycles. The number of hydrogen-bond donors (Lipinski definition) is 1. The molecule has 1 atom stereocenters. The highest BCUT2D eigenvalue weighted by Gasteiger charge is 2.32. The first-order valence-corrected chi connectivity index (χ1v) is 6.38. The van der Waals surface area contributed by atoms with Gasteiger partial charge in [-0.25, -0.2) is 0 Å². The van der Waals surface area contributed by atoms with Gasteiger partial charge in [0.05, 0.1) is 6.04 Å². The Morgan fingerprint density at radius 2 is 2.00 bits per heavy atom. The van der Waals surface area contributed by atoms with Crippen LogP contribution in [0.3, 0.4) is 0 Å². The summed E-state index contributed by atoms with van der Waals surface area (Å²) < 4.78 is 6.26. The minimum atomic E-state index is -0.0806. The SMILES string of the molecule is NC(c1noc(-c2ccc(Br)cc2)n1)C1CC1. The predicted octanol–water partition coefficient (Wildman–Crippen LogP) is 2.91. The molecule has 88 valence electrons. The summed E-state index contributed by atoms with van der Waals surface area (Å²) >= 11 is 3.39. The molecule has 1 aliphatic rings. The Bertz CT molecular complexity index is 519. The summed E-state index contributed by atoms with van der Waals surface area (Å²) in [6.45, 7) is 0. The highest BCUT2D eigenvalue weighted by molar-refractivity contribution is 9.10. The Balaban J connectivity index is 1.86. The summed E-state index contributed by atoms with van der Waals surface area (Å²) in [7, 11) is 0. The lowest BCUT2D eigenvalue weighted by Crippen LogP contribution is -2.13. The van der Waals surface area contributed by atoms with Crippen molar-refractivity contribution in [2.45, 2.75) is 18.9 Å². The van der Waals surface area contributed by atoms with Crippen molar-refractivity contribution in [2.75, 3.05) is 0 Å². The minimum Gasteiger partial charge on any atom is -0.334 e. The van der Waals surface area contributed by atoms with Crippen molar-refractivity contribution in [1.29, 1.82) is 0 Å². The maximum atomic E-state index is 6.02. The van der Waals surface area contributed by atoms with E-state index in [2.05, 4.69) is 26.1 Å². The quantitative estimate of drug-likeness (QED) is 0.945. The van der Waals surface area contributed by atoms with E-state index in [0.29, 0.717) is 17.6 Å². The van der Waals surface area contributed by atoms with E-state index in [4.69, 9.17) is 10.3 Å². The molecule has 0 spiro atoms. The first-order valence-electron chi connectivity index (χ1n) is 5.59. The molecule has 17 heavy (non-hydrogen) atoms. The van der Waals surface area contributed by atoms with Gasteiger partial charge in [-0.1, -0.05) is 21.1 Å². The van der Waals surface area contributed by atoms with Gasteiger partial charge in [0, 0.05) is 10.0 Å². The zero-order chi connectivity index (χ0) is 11.8. The van der Waals surface area contributed by atoms with E-state index in [1.54, 1.807) is 0 Å². The van der Waals surface area contributed by atoms with Crippen LogP contribution in [-0.4, -0.2) is 10.1 Å². The average Bonchev–Trinajstić information content (AvgIpc) is 3.07. The van der Waals surface area contributed by atoms with Crippen LogP contribution in [0.1, 0.15) is 24.7 Å². The van der Waals surface area contributed by atoms with Gasteiger partial charge in [-0.05, 0) is 43.0 Å². The highest BCUT2D eigenvalue weighted by atomic mass is 79.9. The third-order valence-corrected chi connectivity index (χ3v) is 3.49. The van der Waals surface area contributed by atoms with Gasteiger partial charge in [0.1, 0.15) is 0 Å². The molecule has 2 aromatic rings. The van der Waals surface area contributed by atoms with Crippen LogP contribution in [0, 0.1) is 5.92 Å². The second-order valence-electron chi connectivity index (χ2n) is 4.33.